The van der Waals surface area contributed by atoms with Gasteiger partial charge < -0.3 is 16.2 Å². The zero-order chi connectivity index (χ0) is 17.6. The Bertz CT molecular complexity index is 957. The Morgan fingerprint density at radius 3 is 2.76 bits per heavy atom. The predicted molar refractivity (Wildman–Crippen MR) is 96.0 cm³/mol. The van der Waals surface area contributed by atoms with Gasteiger partial charge in [-0.15, -0.1) is 0 Å². The minimum Gasteiger partial charge on any atom is -0.478 e. The summed E-state index contributed by atoms with van der Waals surface area (Å²) in [6.45, 7) is 1.94. The fourth-order valence-corrected chi connectivity index (χ4v) is 3.51. The first-order valence-corrected chi connectivity index (χ1v) is 8.56. The van der Waals surface area contributed by atoms with Gasteiger partial charge in [-0.05, 0) is 50.8 Å². The van der Waals surface area contributed by atoms with Gasteiger partial charge in [-0.2, -0.15) is 0 Å². The highest BCUT2D eigenvalue weighted by Gasteiger charge is 2.20. The van der Waals surface area contributed by atoms with Gasteiger partial charge >= 0.3 is 5.97 Å². The van der Waals surface area contributed by atoms with Crippen molar-refractivity contribution in [3.8, 4) is 0 Å². The van der Waals surface area contributed by atoms with E-state index in [0.717, 1.165) is 42.4 Å². The lowest BCUT2D eigenvalue weighted by atomic mass is 9.92. The number of hydrogen-bond donors (Lipinski definition) is 3. The molecule has 1 aliphatic rings. The number of nitrogens with one attached hydrogen (secondary N) is 1. The first kappa shape index (κ1) is 15.8. The lowest BCUT2D eigenvalue weighted by Crippen LogP contribution is -2.33. The van der Waals surface area contributed by atoms with Crippen LogP contribution in [-0.2, 0) is 0 Å². The summed E-state index contributed by atoms with van der Waals surface area (Å²) in [4.78, 5) is 20.6. The van der Waals surface area contributed by atoms with Gasteiger partial charge in [0.05, 0.1) is 16.8 Å². The number of carbonyl (C=O) groups is 1. The summed E-state index contributed by atoms with van der Waals surface area (Å²) in [6.07, 6.45) is 5.96. The molecule has 2 heterocycles. The predicted octanol–water partition coefficient (Wildman–Crippen LogP) is 2.57. The number of carboxylic acids is 1. The van der Waals surface area contributed by atoms with Crippen molar-refractivity contribution in [3.63, 3.8) is 0 Å². The molecule has 7 heteroatoms. The Balaban J connectivity index is 1.81. The third-order valence-corrected chi connectivity index (χ3v) is 4.87. The summed E-state index contributed by atoms with van der Waals surface area (Å²) in [5.74, 6) is -0.259. The van der Waals surface area contributed by atoms with Gasteiger partial charge in [0.25, 0.3) is 0 Å². The Morgan fingerprint density at radius 2 is 2.04 bits per heavy atom. The van der Waals surface area contributed by atoms with Gasteiger partial charge in [-0.3, -0.25) is 4.40 Å². The van der Waals surface area contributed by atoms with E-state index in [9.17, 15) is 9.90 Å². The van der Waals surface area contributed by atoms with E-state index in [1.807, 2.05) is 17.5 Å². The SMILES string of the molecule is Cc1cn2c(NC3CCC(N)CC3)nc3cc(C(=O)O)ccc3c2n1. The smallest absolute Gasteiger partial charge is 0.335 e. The van der Waals surface area contributed by atoms with Crippen LogP contribution in [0.5, 0.6) is 0 Å². The van der Waals surface area contributed by atoms with Crippen molar-refractivity contribution in [1.82, 2.24) is 14.4 Å². The highest BCUT2D eigenvalue weighted by molar-refractivity contribution is 5.98. The molecule has 3 aromatic rings. The van der Waals surface area contributed by atoms with Crippen LogP contribution in [0.15, 0.2) is 24.4 Å². The summed E-state index contributed by atoms with van der Waals surface area (Å²) >= 11 is 0. The minimum absolute atomic E-state index is 0.224. The zero-order valence-corrected chi connectivity index (χ0v) is 14.1. The highest BCUT2D eigenvalue weighted by Crippen LogP contribution is 2.26. The largest absolute Gasteiger partial charge is 0.478 e. The molecule has 0 amide bonds. The van der Waals surface area contributed by atoms with Crippen molar-refractivity contribution in [2.75, 3.05) is 5.32 Å². The lowest BCUT2D eigenvalue weighted by molar-refractivity contribution is 0.0697. The zero-order valence-electron chi connectivity index (χ0n) is 14.1. The molecular formula is C18H21N5O2. The highest BCUT2D eigenvalue weighted by atomic mass is 16.4. The first-order valence-electron chi connectivity index (χ1n) is 8.56. The standard InChI is InChI=1S/C18H21N5O2/c1-10-9-23-16(20-10)14-7-2-11(17(24)25)8-15(14)22-18(23)21-13-5-3-12(19)4-6-13/h2,7-9,12-13H,3-6,19H2,1H3,(H,21,22)(H,24,25). The molecule has 0 unspecified atom stereocenters. The van der Waals surface area contributed by atoms with E-state index in [1.165, 1.54) is 0 Å². The van der Waals surface area contributed by atoms with E-state index >= 15 is 0 Å². The normalized spacial score (nSPS) is 20.9. The Kier molecular flexibility index (Phi) is 3.80. The van der Waals surface area contributed by atoms with Gasteiger partial charge in [0, 0.05) is 23.7 Å². The van der Waals surface area contributed by atoms with Crippen molar-refractivity contribution in [2.24, 2.45) is 5.73 Å². The third-order valence-electron chi connectivity index (χ3n) is 4.87. The average molecular weight is 339 g/mol. The van der Waals surface area contributed by atoms with Crippen LogP contribution < -0.4 is 11.1 Å². The molecule has 4 N–H and O–H groups in total. The van der Waals surface area contributed by atoms with Crippen LogP contribution in [0.2, 0.25) is 0 Å². The number of hydrogen-bond acceptors (Lipinski definition) is 5. The topological polar surface area (TPSA) is 106 Å². The molecule has 25 heavy (non-hydrogen) atoms. The average Bonchev–Trinajstić information content (AvgIpc) is 2.98. The fourth-order valence-electron chi connectivity index (χ4n) is 3.51. The number of fused-ring (bicyclic) bond motifs is 3. The van der Waals surface area contributed by atoms with Gasteiger partial charge in [-0.1, -0.05) is 0 Å². The van der Waals surface area contributed by atoms with Crippen LogP contribution in [-0.4, -0.2) is 37.5 Å². The van der Waals surface area contributed by atoms with Gasteiger partial charge in [0.15, 0.2) is 0 Å². The number of aryl methyl sites for hydroxylation is 1. The van der Waals surface area contributed by atoms with E-state index in [1.54, 1.807) is 18.2 Å². The van der Waals surface area contributed by atoms with Crippen molar-refractivity contribution in [1.29, 1.82) is 0 Å². The molecule has 0 atom stereocenters. The molecule has 0 spiro atoms. The summed E-state index contributed by atoms with van der Waals surface area (Å²) < 4.78 is 1.95. The number of aromatic carboxylic acids is 1. The number of carboxylic acid groups (broad SMARTS) is 1. The van der Waals surface area contributed by atoms with E-state index in [2.05, 4.69) is 10.3 Å². The number of anilines is 1. The van der Waals surface area contributed by atoms with Crippen LogP contribution in [0.25, 0.3) is 16.6 Å². The van der Waals surface area contributed by atoms with Crippen molar-refractivity contribution < 1.29 is 9.90 Å². The van der Waals surface area contributed by atoms with Crippen LogP contribution in [0.4, 0.5) is 5.95 Å². The van der Waals surface area contributed by atoms with Crippen molar-refractivity contribution >= 4 is 28.5 Å². The summed E-state index contributed by atoms with van der Waals surface area (Å²) in [7, 11) is 0. The number of nitrogens with zero attached hydrogens (tertiary/aromatic N) is 3. The second-order valence-corrected chi connectivity index (χ2v) is 6.80. The van der Waals surface area contributed by atoms with E-state index in [4.69, 9.17) is 10.7 Å². The maximum absolute atomic E-state index is 11.3. The molecule has 1 aromatic carbocycles. The van der Waals surface area contributed by atoms with Crippen LogP contribution >= 0.6 is 0 Å². The van der Waals surface area contributed by atoms with E-state index in [-0.39, 0.29) is 11.6 Å². The molecule has 130 valence electrons. The molecule has 1 saturated carbocycles. The monoisotopic (exact) mass is 339 g/mol. The van der Waals surface area contributed by atoms with Crippen LogP contribution in [0.1, 0.15) is 41.7 Å². The molecule has 1 fully saturated rings. The first-order chi connectivity index (χ1) is 12.0. The van der Waals surface area contributed by atoms with Gasteiger partial charge in [0.1, 0.15) is 5.65 Å². The summed E-state index contributed by atoms with van der Waals surface area (Å²) in [6, 6.07) is 5.57. The maximum Gasteiger partial charge on any atom is 0.335 e. The number of imidazole rings is 1. The Hall–Kier alpha value is -2.67. The molecule has 7 nitrogen and oxygen atoms in total. The Morgan fingerprint density at radius 1 is 1.28 bits per heavy atom. The van der Waals surface area contributed by atoms with Crippen LogP contribution in [0, 0.1) is 6.92 Å². The number of benzene rings is 1. The second-order valence-electron chi connectivity index (χ2n) is 6.80. The minimum atomic E-state index is -0.959. The fraction of sp³-hybridized carbons (Fsp3) is 0.389. The maximum atomic E-state index is 11.3. The number of rotatable bonds is 3. The molecule has 0 saturated heterocycles. The molecule has 1 aliphatic carbocycles. The lowest BCUT2D eigenvalue weighted by Gasteiger charge is -2.27. The molecular weight excluding hydrogens is 318 g/mol. The summed E-state index contributed by atoms with van der Waals surface area (Å²) in [5.41, 5.74) is 8.53. The molecule has 0 bridgehead atoms. The quantitative estimate of drug-likeness (QED) is 0.677. The molecule has 4 rings (SSSR count). The molecule has 0 aliphatic heterocycles. The molecule has 2 aromatic heterocycles. The van der Waals surface area contributed by atoms with Gasteiger partial charge in [-0.25, -0.2) is 14.8 Å². The second kappa shape index (κ2) is 6.00. The van der Waals surface area contributed by atoms with Gasteiger partial charge in [0.2, 0.25) is 5.95 Å². The van der Waals surface area contributed by atoms with E-state index in [0.29, 0.717) is 17.5 Å². The third kappa shape index (κ3) is 2.91. The number of aromatic nitrogens is 3. The van der Waals surface area contributed by atoms with Crippen LogP contribution in [0.3, 0.4) is 0 Å². The van der Waals surface area contributed by atoms with Crippen molar-refractivity contribution in [2.45, 2.75) is 44.7 Å². The number of nitrogens with two attached hydrogens (primary N) is 1. The Labute approximate surface area is 144 Å². The molecule has 0 radical (unpaired) electrons. The van der Waals surface area contributed by atoms with Crippen molar-refractivity contribution in [3.05, 3.63) is 35.7 Å². The van der Waals surface area contributed by atoms with E-state index < -0.39 is 5.97 Å². The summed E-state index contributed by atoms with van der Waals surface area (Å²) in [5, 5.41) is 13.6.